The number of fused-ring (bicyclic) bond motifs is 1. The van der Waals surface area contributed by atoms with Crippen molar-refractivity contribution < 1.29 is 4.74 Å². The van der Waals surface area contributed by atoms with E-state index in [9.17, 15) is 0 Å². The van der Waals surface area contributed by atoms with E-state index in [1.807, 2.05) is 0 Å². The molecule has 182 valence electrons. The number of aromatic nitrogens is 1. The molecule has 4 aromatic rings. The van der Waals surface area contributed by atoms with Gasteiger partial charge in [-0.05, 0) is 87.7 Å². The number of likely N-dealkylation sites (tertiary alicyclic amines) is 1. The molecule has 0 atom stereocenters. The molecule has 0 radical (unpaired) electrons. The van der Waals surface area contributed by atoms with Gasteiger partial charge in [0.1, 0.15) is 12.4 Å². The first kappa shape index (κ1) is 23.7. The number of nitrogens with zero attached hydrogens (tertiary/aromatic N) is 2. The zero-order valence-corrected chi connectivity index (χ0v) is 21.5. The summed E-state index contributed by atoms with van der Waals surface area (Å²) in [6.07, 6.45) is 5.40. The van der Waals surface area contributed by atoms with Gasteiger partial charge in [0.15, 0.2) is 0 Å². The van der Waals surface area contributed by atoms with Gasteiger partial charge in [-0.25, -0.2) is 0 Å². The van der Waals surface area contributed by atoms with Crippen LogP contribution in [-0.4, -0.2) is 35.7 Å². The Morgan fingerprint density at radius 2 is 1.43 bits per heavy atom. The molecule has 0 unspecified atom stereocenters. The number of hydrogen-bond acceptors (Lipinski definition) is 2. The normalized spacial score (nSPS) is 14.8. The molecule has 3 aromatic carbocycles. The Hall–Kier alpha value is -3.04. The summed E-state index contributed by atoms with van der Waals surface area (Å²) in [6.45, 7) is 11.6. The van der Waals surface area contributed by atoms with Gasteiger partial charge in [-0.2, -0.15) is 0 Å². The van der Waals surface area contributed by atoms with Gasteiger partial charge < -0.3 is 9.30 Å². The van der Waals surface area contributed by atoms with Gasteiger partial charge in [-0.15, -0.1) is 0 Å². The number of hydrogen-bond donors (Lipinski definition) is 0. The molecule has 1 fully saturated rings. The molecule has 1 saturated heterocycles. The Morgan fingerprint density at radius 1 is 0.743 bits per heavy atom. The smallest absolute Gasteiger partial charge is 0.119 e. The predicted molar refractivity (Wildman–Crippen MR) is 148 cm³/mol. The van der Waals surface area contributed by atoms with E-state index in [1.54, 1.807) is 0 Å². The molecular formula is C32H38N2O. The van der Waals surface area contributed by atoms with Crippen molar-refractivity contribution in [3.8, 4) is 17.0 Å². The topological polar surface area (TPSA) is 17.4 Å². The third-order valence-electron chi connectivity index (χ3n) is 7.44. The van der Waals surface area contributed by atoms with Crippen LogP contribution in [0.5, 0.6) is 5.75 Å². The second-order valence-electron chi connectivity index (χ2n) is 10.2. The molecular weight excluding hydrogens is 428 g/mol. The van der Waals surface area contributed by atoms with E-state index in [0.717, 1.165) is 25.4 Å². The monoisotopic (exact) mass is 466 g/mol. The summed E-state index contributed by atoms with van der Waals surface area (Å²) in [5.41, 5.74) is 9.10. The maximum absolute atomic E-state index is 6.10. The third-order valence-corrected chi connectivity index (χ3v) is 7.44. The lowest BCUT2D eigenvalue weighted by Gasteiger charge is -2.19. The molecule has 0 amide bonds. The SMILES string of the molecule is Cc1ccc(-c2c(C)c3cc(C)ccc3n2Cc2ccc(OCCN3CCCCCC3)cc2)cc1. The van der Waals surface area contributed by atoms with Crippen molar-refractivity contribution in [1.29, 1.82) is 0 Å². The van der Waals surface area contributed by atoms with E-state index in [-0.39, 0.29) is 0 Å². The summed E-state index contributed by atoms with van der Waals surface area (Å²) in [4.78, 5) is 2.55. The minimum atomic E-state index is 0.762. The Balaban J connectivity index is 1.35. The van der Waals surface area contributed by atoms with Crippen molar-refractivity contribution in [2.24, 2.45) is 0 Å². The second-order valence-corrected chi connectivity index (χ2v) is 10.2. The average Bonchev–Trinajstić information content (AvgIpc) is 3.01. The number of benzene rings is 3. The molecule has 2 heterocycles. The first-order valence-electron chi connectivity index (χ1n) is 13.2. The molecule has 0 N–H and O–H groups in total. The minimum absolute atomic E-state index is 0.762. The lowest BCUT2D eigenvalue weighted by molar-refractivity contribution is 0.214. The second kappa shape index (κ2) is 10.7. The van der Waals surface area contributed by atoms with Gasteiger partial charge in [0.05, 0.1) is 5.69 Å². The lowest BCUT2D eigenvalue weighted by Crippen LogP contribution is -2.29. The van der Waals surface area contributed by atoms with Crippen LogP contribution in [0.2, 0.25) is 0 Å². The van der Waals surface area contributed by atoms with Gasteiger partial charge in [0.25, 0.3) is 0 Å². The molecule has 5 rings (SSSR count). The van der Waals surface area contributed by atoms with E-state index >= 15 is 0 Å². The van der Waals surface area contributed by atoms with Gasteiger partial charge in [0.2, 0.25) is 0 Å². The van der Waals surface area contributed by atoms with E-state index in [0.29, 0.717) is 0 Å². The number of ether oxygens (including phenoxy) is 1. The highest BCUT2D eigenvalue weighted by Crippen LogP contribution is 2.35. The van der Waals surface area contributed by atoms with Crippen LogP contribution in [0.15, 0.2) is 66.7 Å². The molecule has 1 aliphatic rings. The van der Waals surface area contributed by atoms with Crippen molar-refractivity contribution in [2.75, 3.05) is 26.2 Å². The fourth-order valence-corrected chi connectivity index (χ4v) is 5.41. The van der Waals surface area contributed by atoms with Crippen molar-refractivity contribution in [1.82, 2.24) is 9.47 Å². The van der Waals surface area contributed by atoms with Crippen LogP contribution in [0.1, 0.15) is 47.9 Å². The molecule has 35 heavy (non-hydrogen) atoms. The van der Waals surface area contributed by atoms with Gasteiger partial charge in [-0.1, -0.05) is 66.4 Å². The highest BCUT2D eigenvalue weighted by Gasteiger charge is 2.16. The maximum atomic E-state index is 6.10. The lowest BCUT2D eigenvalue weighted by atomic mass is 10.0. The summed E-state index contributed by atoms with van der Waals surface area (Å²) in [5, 5.41) is 1.34. The van der Waals surface area contributed by atoms with E-state index in [2.05, 4.69) is 97.0 Å². The molecule has 0 bridgehead atoms. The zero-order valence-electron chi connectivity index (χ0n) is 21.5. The van der Waals surface area contributed by atoms with Crippen LogP contribution in [0.3, 0.4) is 0 Å². The largest absolute Gasteiger partial charge is 0.492 e. The molecule has 0 saturated carbocycles. The summed E-state index contributed by atoms with van der Waals surface area (Å²) in [5.74, 6) is 0.964. The van der Waals surface area contributed by atoms with Crippen LogP contribution in [0.25, 0.3) is 22.2 Å². The van der Waals surface area contributed by atoms with Gasteiger partial charge in [0, 0.05) is 24.0 Å². The van der Waals surface area contributed by atoms with Crippen molar-refractivity contribution in [3.05, 3.63) is 89.0 Å². The molecule has 0 aliphatic carbocycles. The number of rotatable bonds is 7. The summed E-state index contributed by atoms with van der Waals surface area (Å²) >= 11 is 0. The van der Waals surface area contributed by atoms with Crippen molar-refractivity contribution >= 4 is 10.9 Å². The quantitative estimate of drug-likeness (QED) is 0.280. The van der Waals surface area contributed by atoms with E-state index in [4.69, 9.17) is 4.74 Å². The van der Waals surface area contributed by atoms with Gasteiger partial charge >= 0.3 is 0 Å². The van der Waals surface area contributed by atoms with Crippen LogP contribution in [0, 0.1) is 20.8 Å². The first-order chi connectivity index (χ1) is 17.1. The predicted octanol–water partition coefficient (Wildman–Crippen LogP) is 7.54. The Bertz CT molecular complexity index is 1260. The fourth-order valence-electron chi connectivity index (χ4n) is 5.41. The Morgan fingerprint density at radius 3 is 2.14 bits per heavy atom. The molecule has 0 spiro atoms. The van der Waals surface area contributed by atoms with Crippen molar-refractivity contribution in [2.45, 2.75) is 53.0 Å². The van der Waals surface area contributed by atoms with Crippen LogP contribution >= 0.6 is 0 Å². The summed E-state index contributed by atoms with van der Waals surface area (Å²) in [7, 11) is 0. The first-order valence-corrected chi connectivity index (χ1v) is 13.2. The van der Waals surface area contributed by atoms with Gasteiger partial charge in [-0.3, -0.25) is 4.90 Å². The maximum Gasteiger partial charge on any atom is 0.119 e. The van der Waals surface area contributed by atoms with E-state index < -0.39 is 0 Å². The third kappa shape index (κ3) is 5.46. The molecule has 3 heteroatoms. The average molecular weight is 467 g/mol. The highest BCUT2D eigenvalue weighted by molar-refractivity contribution is 5.92. The Kier molecular flexibility index (Phi) is 7.24. The van der Waals surface area contributed by atoms with Crippen LogP contribution in [-0.2, 0) is 6.54 Å². The molecule has 1 aliphatic heterocycles. The summed E-state index contributed by atoms with van der Waals surface area (Å²) < 4.78 is 8.57. The zero-order chi connectivity index (χ0) is 24.2. The minimum Gasteiger partial charge on any atom is -0.492 e. The van der Waals surface area contributed by atoms with Crippen LogP contribution < -0.4 is 4.74 Å². The number of aryl methyl sites for hydroxylation is 3. The van der Waals surface area contributed by atoms with Crippen molar-refractivity contribution in [3.63, 3.8) is 0 Å². The molecule has 1 aromatic heterocycles. The Labute approximate surface area is 210 Å². The highest BCUT2D eigenvalue weighted by atomic mass is 16.5. The van der Waals surface area contributed by atoms with Crippen LogP contribution in [0.4, 0.5) is 0 Å². The molecule has 3 nitrogen and oxygen atoms in total. The standard InChI is InChI=1S/C32H38N2O/c1-24-8-13-28(14-9-24)32-26(3)30-22-25(2)10-17-31(30)34(32)23-27-11-15-29(16-12-27)35-21-20-33-18-6-4-5-7-19-33/h8-17,22H,4-7,18-21,23H2,1-3H3. The summed E-state index contributed by atoms with van der Waals surface area (Å²) in [6, 6.07) is 24.4. The van der Waals surface area contributed by atoms with E-state index in [1.165, 1.54) is 83.2 Å². The fraction of sp³-hybridized carbons (Fsp3) is 0.375.